The van der Waals surface area contributed by atoms with Gasteiger partial charge in [0.1, 0.15) is 16.6 Å². The van der Waals surface area contributed by atoms with E-state index in [9.17, 15) is 18.4 Å². The molecule has 2 amide bonds. The van der Waals surface area contributed by atoms with E-state index in [0.29, 0.717) is 11.0 Å². The van der Waals surface area contributed by atoms with E-state index in [4.69, 9.17) is 16.0 Å². The van der Waals surface area contributed by atoms with E-state index < -0.39 is 28.8 Å². The molecule has 0 spiro atoms. The largest absolute Gasteiger partial charge is 0.449 e. The van der Waals surface area contributed by atoms with Gasteiger partial charge in [0.15, 0.2) is 11.6 Å². The van der Waals surface area contributed by atoms with Crippen LogP contribution in [-0.4, -0.2) is 17.2 Å². The summed E-state index contributed by atoms with van der Waals surface area (Å²) in [6.45, 7) is 1.49. The molecular formula is C18H13ClF2N2O3. The van der Waals surface area contributed by atoms with Crippen LogP contribution >= 0.6 is 11.6 Å². The first kappa shape index (κ1) is 17.9. The van der Waals surface area contributed by atoms with Gasteiger partial charge in [-0.15, -0.1) is 11.6 Å². The van der Waals surface area contributed by atoms with E-state index >= 15 is 0 Å². The first-order chi connectivity index (χ1) is 12.4. The van der Waals surface area contributed by atoms with Crippen molar-refractivity contribution >= 4 is 45.8 Å². The minimum atomic E-state index is -1.10. The van der Waals surface area contributed by atoms with Crippen LogP contribution in [0.3, 0.4) is 0 Å². The smallest absolute Gasteiger partial charge is 0.293 e. The SMILES string of the molecule is C[C@H](Cl)C(=O)Nc1c(C(=O)Nc2ccc(F)c(F)c2)oc2ccccc12. The third-order valence-electron chi connectivity index (χ3n) is 3.59. The summed E-state index contributed by atoms with van der Waals surface area (Å²) in [4.78, 5) is 24.5. The highest BCUT2D eigenvalue weighted by atomic mass is 35.5. The molecule has 1 atom stereocenters. The lowest BCUT2D eigenvalue weighted by atomic mass is 10.2. The number of rotatable bonds is 4. The number of furan rings is 1. The molecule has 0 unspecified atom stereocenters. The van der Waals surface area contributed by atoms with Crippen molar-refractivity contribution in [1.29, 1.82) is 0 Å². The zero-order chi connectivity index (χ0) is 18.8. The van der Waals surface area contributed by atoms with Crippen LogP contribution in [-0.2, 0) is 4.79 Å². The molecule has 0 saturated carbocycles. The van der Waals surface area contributed by atoms with Crippen molar-refractivity contribution in [2.24, 2.45) is 0 Å². The van der Waals surface area contributed by atoms with Gasteiger partial charge >= 0.3 is 0 Å². The van der Waals surface area contributed by atoms with E-state index in [1.165, 1.54) is 13.0 Å². The van der Waals surface area contributed by atoms with Gasteiger partial charge in [0.05, 0.1) is 0 Å². The number of para-hydroxylation sites is 1. The van der Waals surface area contributed by atoms with E-state index in [0.717, 1.165) is 12.1 Å². The van der Waals surface area contributed by atoms with Crippen molar-refractivity contribution in [2.45, 2.75) is 12.3 Å². The number of carbonyl (C=O) groups excluding carboxylic acids is 2. The average molecular weight is 379 g/mol. The molecule has 26 heavy (non-hydrogen) atoms. The maximum Gasteiger partial charge on any atom is 0.293 e. The number of fused-ring (bicyclic) bond motifs is 1. The Morgan fingerprint density at radius 2 is 1.81 bits per heavy atom. The van der Waals surface area contributed by atoms with Crippen molar-refractivity contribution in [1.82, 2.24) is 0 Å². The summed E-state index contributed by atoms with van der Waals surface area (Å²) < 4.78 is 31.9. The quantitative estimate of drug-likeness (QED) is 0.655. The molecule has 0 radical (unpaired) electrons. The van der Waals surface area contributed by atoms with Gasteiger partial charge in [-0.05, 0) is 31.2 Å². The van der Waals surface area contributed by atoms with Crippen LogP contribution in [0, 0.1) is 11.6 Å². The fraction of sp³-hybridized carbons (Fsp3) is 0.111. The Hall–Kier alpha value is -2.93. The van der Waals surface area contributed by atoms with E-state index in [1.54, 1.807) is 24.3 Å². The molecule has 3 aromatic rings. The van der Waals surface area contributed by atoms with Gasteiger partial charge in [0, 0.05) is 17.1 Å². The molecule has 2 aromatic carbocycles. The molecule has 0 saturated heterocycles. The molecule has 5 nitrogen and oxygen atoms in total. The van der Waals surface area contributed by atoms with Crippen LogP contribution < -0.4 is 10.6 Å². The zero-order valence-corrected chi connectivity index (χ0v) is 14.2. The number of nitrogens with one attached hydrogen (secondary N) is 2. The van der Waals surface area contributed by atoms with Crippen molar-refractivity contribution in [3.63, 3.8) is 0 Å². The Morgan fingerprint density at radius 1 is 1.08 bits per heavy atom. The lowest BCUT2D eigenvalue weighted by Gasteiger charge is -2.08. The Kier molecular flexibility index (Phi) is 4.90. The highest BCUT2D eigenvalue weighted by Gasteiger charge is 2.23. The summed E-state index contributed by atoms with van der Waals surface area (Å²) in [6, 6.07) is 9.66. The Balaban J connectivity index is 1.98. The van der Waals surface area contributed by atoms with Crippen LogP contribution in [0.5, 0.6) is 0 Å². The van der Waals surface area contributed by atoms with Gasteiger partial charge in [-0.2, -0.15) is 0 Å². The fourth-order valence-corrected chi connectivity index (χ4v) is 2.37. The highest BCUT2D eigenvalue weighted by molar-refractivity contribution is 6.33. The van der Waals surface area contributed by atoms with Gasteiger partial charge in [0.2, 0.25) is 11.7 Å². The maximum absolute atomic E-state index is 13.3. The molecule has 8 heteroatoms. The van der Waals surface area contributed by atoms with Crippen molar-refractivity contribution in [2.75, 3.05) is 10.6 Å². The zero-order valence-electron chi connectivity index (χ0n) is 13.5. The van der Waals surface area contributed by atoms with Crippen LogP contribution in [0.25, 0.3) is 11.0 Å². The van der Waals surface area contributed by atoms with Crippen molar-refractivity contribution in [3.05, 3.63) is 59.9 Å². The summed E-state index contributed by atoms with van der Waals surface area (Å²) in [6.07, 6.45) is 0. The van der Waals surface area contributed by atoms with E-state index in [2.05, 4.69) is 10.6 Å². The van der Waals surface area contributed by atoms with Gasteiger partial charge < -0.3 is 15.1 Å². The molecule has 2 N–H and O–H groups in total. The van der Waals surface area contributed by atoms with Crippen LogP contribution in [0.1, 0.15) is 17.5 Å². The number of benzene rings is 2. The summed E-state index contributed by atoms with van der Waals surface area (Å²) in [5.41, 5.74) is 0.566. The number of carbonyl (C=O) groups is 2. The minimum absolute atomic E-state index is 0.0392. The molecular weight excluding hydrogens is 366 g/mol. The molecule has 0 fully saturated rings. The first-order valence-corrected chi connectivity index (χ1v) is 8.03. The third kappa shape index (κ3) is 3.52. The van der Waals surface area contributed by atoms with Crippen LogP contribution in [0.2, 0.25) is 0 Å². The lowest BCUT2D eigenvalue weighted by Crippen LogP contribution is -2.22. The lowest BCUT2D eigenvalue weighted by molar-refractivity contribution is -0.115. The fourth-order valence-electron chi connectivity index (χ4n) is 2.31. The highest BCUT2D eigenvalue weighted by Crippen LogP contribution is 2.32. The first-order valence-electron chi connectivity index (χ1n) is 7.59. The summed E-state index contributed by atoms with van der Waals surface area (Å²) in [7, 11) is 0. The Morgan fingerprint density at radius 3 is 2.50 bits per heavy atom. The molecule has 0 aliphatic rings. The van der Waals surface area contributed by atoms with Crippen molar-refractivity contribution < 1.29 is 22.8 Å². The van der Waals surface area contributed by atoms with Crippen LogP contribution in [0.4, 0.5) is 20.2 Å². The number of anilines is 2. The van der Waals surface area contributed by atoms with Gasteiger partial charge in [-0.25, -0.2) is 8.78 Å². The second-order valence-corrected chi connectivity index (χ2v) is 6.15. The monoisotopic (exact) mass is 378 g/mol. The molecule has 1 aromatic heterocycles. The minimum Gasteiger partial charge on any atom is -0.449 e. The summed E-state index contributed by atoms with van der Waals surface area (Å²) in [5, 5.41) is 4.65. The average Bonchev–Trinajstić information content (AvgIpc) is 2.97. The second kappa shape index (κ2) is 7.13. The summed E-state index contributed by atoms with van der Waals surface area (Å²) in [5.74, 6) is -3.56. The number of hydrogen-bond donors (Lipinski definition) is 2. The topological polar surface area (TPSA) is 71.3 Å². The van der Waals surface area contributed by atoms with Gasteiger partial charge in [-0.1, -0.05) is 12.1 Å². The van der Waals surface area contributed by atoms with Gasteiger partial charge in [-0.3, -0.25) is 9.59 Å². The Labute approximate surface area is 151 Å². The maximum atomic E-state index is 13.3. The Bertz CT molecular complexity index is 1000. The number of hydrogen-bond acceptors (Lipinski definition) is 3. The number of halogens is 3. The van der Waals surface area contributed by atoms with Crippen LogP contribution in [0.15, 0.2) is 46.9 Å². The molecule has 134 valence electrons. The van der Waals surface area contributed by atoms with E-state index in [-0.39, 0.29) is 17.1 Å². The third-order valence-corrected chi connectivity index (χ3v) is 3.79. The van der Waals surface area contributed by atoms with Crippen molar-refractivity contribution in [3.8, 4) is 0 Å². The molecule has 3 rings (SSSR count). The normalized spacial score (nSPS) is 12.0. The predicted octanol–water partition coefficient (Wildman–Crippen LogP) is 4.53. The van der Waals surface area contributed by atoms with E-state index in [1.807, 2.05) is 0 Å². The summed E-state index contributed by atoms with van der Waals surface area (Å²) >= 11 is 5.77. The molecule has 1 heterocycles. The van der Waals surface area contributed by atoms with Gasteiger partial charge in [0.25, 0.3) is 5.91 Å². The number of amides is 2. The molecule has 0 bridgehead atoms. The predicted molar refractivity (Wildman–Crippen MR) is 94.5 cm³/mol. The number of alkyl halides is 1. The standard InChI is InChI=1S/C18H13ClF2N2O3/c1-9(19)17(24)23-15-11-4-2-3-5-14(11)26-16(15)18(25)22-10-6-7-12(20)13(21)8-10/h2-9H,1H3,(H,22,25)(H,23,24)/t9-/m0/s1. The molecule has 0 aliphatic heterocycles. The molecule has 0 aliphatic carbocycles. The second-order valence-electron chi connectivity index (χ2n) is 5.49.